The summed E-state index contributed by atoms with van der Waals surface area (Å²) < 4.78 is 5.74. The van der Waals surface area contributed by atoms with Crippen molar-refractivity contribution in [1.82, 2.24) is 10.2 Å². The third-order valence-corrected chi connectivity index (χ3v) is 5.11. The molecule has 3 nitrogen and oxygen atoms in total. The van der Waals surface area contributed by atoms with E-state index in [0.717, 1.165) is 37.4 Å². The molecule has 1 N–H and O–H groups in total. The summed E-state index contributed by atoms with van der Waals surface area (Å²) >= 11 is 0. The van der Waals surface area contributed by atoms with Gasteiger partial charge in [0.25, 0.3) is 0 Å². The number of nitrogens with zero attached hydrogens (tertiary/aromatic N) is 1. The Morgan fingerprint density at radius 2 is 1.86 bits per heavy atom. The largest absolute Gasteiger partial charge is 0.494 e. The van der Waals surface area contributed by atoms with E-state index >= 15 is 0 Å². The Bertz CT molecular complexity index is 408. The van der Waals surface area contributed by atoms with Gasteiger partial charge in [0.1, 0.15) is 5.75 Å². The quantitative estimate of drug-likeness (QED) is 0.814. The minimum Gasteiger partial charge on any atom is -0.494 e. The topological polar surface area (TPSA) is 24.5 Å². The number of para-hydroxylation sites is 1. The Morgan fingerprint density at radius 3 is 2.57 bits per heavy atom. The Balaban J connectivity index is 1.33. The molecule has 3 rings (SSSR count). The summed E-state index contributed by atoms with van der Waals surface area (Å²) in [6.45, 7) is 1.87. The number of piperidine rings is 2. The maximum atomic E-state index is 5.74. The number of ether oxygens (including phenoxy) is 1. The van der Waals surface area contributed by atoms with Crippen LogP contribution in [-0.4, -0.2) is 43.2 Å². The van der Waals surface area contributed by atoms with Crippen LogP contribution in [0, 0.1) is 0 Å². The fourth-order valence-electron chi connectivity index (χ4n) is 3.87. The van der Waals surface area contributed by atoms with E-state index in [9.17, 15) is 0 Å². The molecule has 2 heterocycles. The molecule has 0 aromatic heterocycles. The molecule has 2 bridgehead atoms. The molecule has 2 saturated heterocycles. The predicted octanol–water partition coefficient (Wildman–Crippen LogP) is 3.06. The van der Waals surface area contributed by atoms with Gasteiger partial charge in [-0.3, -0.25) is 0 Å². The van der Waals surface area contributed by atoms with Crippen LogP contribution in [0.1, 0.15) is 38.5 Å². The van der Waals surface area contributed by atoms with Crippen LogP contribution in [-0.2, 0) is 0 Å². The molecular formula is C18H28N2O. The molecule has 0 aliphatic carbocycles. The summed E-state index contributed by atoms with van der Waals surface area (Å²) in [5.41, 5.74) is 0. The van der Waals surface area contributed by atoms with Crippen LogP contribution in [0.3, 0.4) is 0 Å². The lowest BCUT2D eigenvalue weighted by Crippen LogP contribution is -2.54. The lowest BCUT2D eigenvalue weighted by molar-refractivity contribution is 0.0484. The Kier molecular flexibility index (Phi) is 5.15. The highest BCUT2D eigenvalue weighted by atomic mass is 16.5. The molecule has 2 fully saturated rings. The fraction of sp³-hybridized carbons (Fsp3) is 0.667. The molecule has 2 aliphatic heterocycles. The van der Waals surface area contributed by atoms with Gasteiger partial charge in [0.15, 0.2) is 0 Å². The molecule has 116 valence electrons. The number of rotatable bonds is 6. The second-order valence-electron chi connectivity index (χ2n) is 6.54. The average molecular weight is 288 g/mol. The van der Waals surface area contributed by atoms with Gasteiger partial charge in [-0.15, -0.1) is 0 Å². The first-order valence-corrected chi connectivity index (χ1v) is 8.46. The highest BCUT2D eigenvalue weighted by Gasteiger charge is 2.35. The minimum absolute atomic E-state index is 0.716. The SMILES string of the molecule is CN1C2CCCC1CC(NCCCOc1ccccc1)C2. The molecule has 1 aromatic rings. The Labute approximate surface area is 128 Å². The van der Waals surface area contributed by atoms with Gasteiger partial charge in [-0.2, -0.15) is 0 Å². The van der Waals surface area contributed by atoms with Gasteiger partial charge in [0.2, 0.25) is 0 Å². The first-order valence-electron chi connectivity index (χ1n) is 8.46. The first-order chi connectivity index (χ1) is 10.3. The highest BCUT2D eigenvalue weighted by molar-refractivity contribution is 5.20. The number of fused-ring (bicyclic) bond motifs is 2. The van der Waals surface area contributed by atoms with Crippen molar-refractivity contribution in [2.45, 2.75) is 56.7 Å². The molecule has 0 amide bonds. The number of nitrogens with one attached hydrogen (secondary N) is 1. The van der Waals surface area contributed by atoms with E-state index in [2.05, 4.69) is 17.3 Å². The summed E-state index contributed by atoms with van der Waals surface area (Å²) in [7, 11) is 2.32. The zero-order valence-electron chi connectivity index (χ0n) is 13.1. The van der Waals surface area contributed by atoms with Crippen LogP contribution in [0.4, 0.5) is 0 Å². The van der Waals surface area contributed by atoms with E-state index < -0.39 is 0 Å². The first kappa shape index (κ1) is 14.9. The lowest BCUT2D eigenvalue weighted by Gasteiger charge is -2.47. The zero-order valence-corrected chi connectivity index (χ0v) is 13.1. The van der Waals surface area contributed by atoms with Crippen molar-refractivity contribution in [2.24, 2.45) is 0 Å². The van der Waals surface area contributed by atoms with E-state index in [1.807, 2.05) is 30.3 Å². The summed E-state index contributed by atoms with van der Waals surface area (Å²) in [5, 5.41) is 3.75. The van der Waals surface area contributed by atoms with Crippen molar-refractivity contribution < 1.29 is 4.74 Å². The number of hydrogen-bond donors (Lipinski definition) is 1. The van der Waals surface area contributed by atoms with Crippen LogP contribution in [0.25, 0.3) is 0 Å². The van der Waals surface area contributed by atoms with Gasteiger partial charge >= 0.3 is 0 Å². The standard InChI is InChI=1S/C18H28N2O/c1-20-16-7-5-8-17(20)14-15(13-16)19-11-6-12-21-18-9-3-2-4-10-18/h2-4,9-10,15-17,19H,5-8,11-14H2,1H3. The fourth-order valence-corrected chi connectivity index (χ4v) is 3.87. The third kappa shape index (κ3) is 3.98. The summed E-state index contributed by atoms with van der Waals surface area (Å²) in [4.78, 5) is 2.63. The maximum absolute atomic E-state index is 5.74. The minimum atomic E-state index is 0.716. The molecule has 0 spiro atoms. The van der Waals surface area contributed by atoms with Crippen molar-refractivity contribution in [1.29, 1.82) is 0 Å². The molecule has 2 unspecified atom stereocenters. The van der Waals surface area contributed by atoms with Crippen LogP contribution >= 0.6 is 0 Å². The van der Waals surface area contributed by atoms with Crippen molar-refractivity contribution in [3.05, 3.63) is 30.3 Å². The van der Waals surface area contributed by atoms with E-state index in [0.29, 0.717) is 6.04 Å². The van der Waals surface area contributed by atoms with Gasteiger partial charge in [-0.05, 0) is 57.8 Å². The predicted molar refractivity (Wildman–Crippen MR) is 86.8 cm³/mol. The summed E-state index contributed by atoms with van der Waals surface area (Å²) in [6, 6.07) is 12.4. The molecule has 2 aliphatic rings. The van der Waals surface area contributed by atoms with Crippen LogP contribution in [0.5, 0.6) is 5.75 Å². The van der Waals surface area contributed by atoms with Crippen LogP contribution in [0.2, 0.25) is 0 Å². The molecule has 2 atom stereocenters. The second kappa shape index (κ2) is 7.28. The summed E-state index contributed by atoms with van der Waals surface area (Å²) in [5.74, 6) is 0.978. The van der Waals surface area contributed by atoms with Gasteiger partial charge in [0, 0.05) is 18.1 Å². The van der Waals surface area contributed by atoms with Gasteiger partial charge in [-0.1, -0.05) is 24.6 Å². The molecule has 21 heavy (non-hydrogen) atoms. The zero-order chi connectivity index (χ0) is 14.5. The van der Waals surface area contributed by atoms with E-state index in [4.69, 9.17) is 4.74 Å². The van der Waals surface area contributed by atoms with Gasteiger partial charge in [-0.25, -0.2) is 0 Å². The third-order valence-electron chi connectivity index (χ3n) is 5.11. The monoisotopic (exact) mass is 288 g/mol. The van der Waals surface area contributed by atoms with Crippen LogP contribution < -0.4 is 10.1 Å². The average Bonchev–Trinajstić information content (AvgIpc) is 2.49. The van der Waals surface area contributed by atoms with Crippen molar-refractivity contribution in [2.75, 3.05) is 20.2 Å². The maximum Gasteiger partial charge on any atom is 0.119 e. The second-order valence-corrected chi connectivity index (χ2v) is 6.54. The normalized spacial score (nSPS) is 29.3. The Morgan fingerprint density at radius 1 is 1.14 bits per heavy atom. The van der Waals surface area contributed by atoms with Gasteiger partial charge < -0.3 is 15.0 Å². The lowest BCUT2D eigenvalue weighted by atomic mass is 9.82. The molecule has 3 heteroatoms. The molecule has 1 aromatic carbocycles. The number of hydrogen-bond acceptors (Lipinski definition) is 3. The Hall–Kier alpha value is -1.06. The van der Waals surface area contributed by atoms with E-state index in [1.165, 1.54) is 32.1 Å². The van der Waals surface area contributed by atoms with E-state index in [-0.39, 0.29) is 0 Å². The van der Waals surface area contributed by atoms with Crippen molar-refractivity contribution in [3.8, 4) is 5.75 Å². The highest BCUT2D eigenvalue weighted by Crippen LogP contribution is 2.32. The number of benzene rings is 1. The van der Waals surface area contributed by atoms with E-state index in [1.54, 1.807) is 0 Å². The van der Waals surface area contributed by atoms with Gasteiger partial charge in [0.05, 0.1) is 6.61 Å². The molecule has 0 saturated carbocycles. The van der Waals surface area contributed by atoms with Crippen LogP contribution in [0.15, 0.2) is 30.3 Å². The summed E-state index contributed by atoms with van der Waals surface area (Å²) in [6.07, 6.45) is 7.94. The van der Waals surface area contributed by atoms with Crippen molar-refractivity contribution in [3.63, 3.8) is 0 Å². The smallest absolute Gasteiger partial charge is 0.119 e. The molecular weight excluding hydrogens is 260 g/mol. The molecule has 0 radical (unpaired) electrons. The van der Waals surface area contributed by atoms with Crippen molar-refractivity contribution >= 4 is 0 Å².